The van der Waals surface area contributed by atoms with Gasteiger partial charge in [-0.2, -0.15) is 4.31 Å². The summed E-state index contributed by atoms with van der Waals surface area (Å²) in [6.07, 6.45) is 0.955. The first-order valence-electron chi connectivity index (χ1n) is 8.48. The molecule has 1 aromatic carbocycles. The molecule has 26 heavy (non-hydrogen) atoms. The van der Waals surface area contributed by atoms with E-state index in [1.165, 1.54) is 21.7 Å². The normalized spacial score (nSPS) is 23.7. The molecule has 0 aliphatic carbocycles. The number of sulfonamides is 1. The van der Waals surface area contributed by atoms with Crippen LogP contribution < -0.4 is 4.74 Å². The van der Waals surface area contributed by atoms with Crippen LogP contribution in [0.2, 0.25) is 0 Å². The molecule has 9 heteroatoms. The number of morpholine rings is 1. The Kier molecular flexibility index (Phi) is 4.25. The standard InChI is InChI=1S/C17H21N3O5S/c1-10-6-12-8-14(24-13(12)7-11(10)2)16-18-19-17(25-16)15-9-20(4-5-23-15)26(3,21)22/h6-7,14-15H,4-5,8-9H2,1-3H3. The molecule has 3 heterocycles. The summed E-state index contributed by atoms with van der Waals surface area (Å²) in [5.74, 6) is 1.50. The van der Waals surface area contributed by atoms with Crippen LogP contribution in [0.5, 0.6) is 5.75 Å². The van der Waals surface area contributed by atoms with Crippen LogP contribution in [0.25, 0.3) is 0 Å². The summed E-state index contributed by atoms with van der Waals surface area (Å²) < 4.78 is 42.2. The second-order valence-corrected chi connectivity index (χ2v) is 8.80. The number of ether oxygens (including phenoxy) is 2. The summed E-state index contributed by atoms with van der Waals surface area (Å²) in [5.41, 5.74) is 3.51. The molecule has 0 saturated carbocycles. The van der Waals surface area contributed by atoms with E-state index in [1.807, 2.05) is 13.0 Å². The fourth-order valence-electron chi connectivity index (χ4n) is 3.23. The molecule has 1 fully saturated rings. The number of rotatable bonds is 3. The van der Waals surface area contributed by atoms with Crippen LogP contribution in [0.15, 0.2) is 16.5 Å². The SMILES string of the molecule is Cc1cc2c(cc1C)OC(c1nnc(C3CN(S(C)(=O)=O)CCO3)o1)C2. The molecule has 2 aromatic rings. The average Bonchev–Trinajstić information content (AvgIpc) is 3.21. The third kappa shape index (κ3) is 3.22. The smallest absolute Gasteiger partial charge is 0.257 e. The highest BCUT2D eigenvalue weighted by Gasteiger charge is 2.34. The van der Waals surface area contributed by atoms with Crippen molar-refractivity contribution in [2.45, 2.75) is 32.5 Å². The monoisotopic (exact) mass is 379 g/mol. The Bertz CT molecular complexity index is 909. The number of aryl methyl sites for hydroxylation is 2. The molecule has 1 saturated heterocycles. The minimum absolute atomic E-state index is 0.171. The first-order valence-corrected chi connectivity index (χ1v) is 10.3. The molecule has 1 aromatic heterocycles. The van der Waals surface area contributed by atoms with Gasteiger partial charge in [-0.3, -0.25) is 0 Å². The van der Waals surface area contributed by atoms with Crippen LogP contribution in [0.3, 0.4) is 0 Å². The lowest BCUT2D eigenvalue weighted by Gasteiger charge is -2.29. The van der Waals surface area contributed by atoms with Crippen molar-refractivity contribution in [3.63, 3.8) is 0 Å². The third-order valence-corrected chi connectivity index (χ3v) is 6.13. The zero-order chi connectivity index (χ0) is 18.5. The van der Waals surface area contributed by atoms with Crippen LogP contribution in [0, 0.1) is 13.8 Å². The summed E-state index contributed by atoms with van der Waals surface area (Å²) >= 11 is 0. The first kappa shape index (κ1) is 17.4. The van der Waals surface area contributed by atoms with Gasteiger partial charge in [0.25, 0.3) is 5.89 Å². The van der Waals surface area contributed by atoms with Crippen molar-refractivity contribution in [2.75, 3.05) is 26.0 Å². The summed E-state index contributed by atoms with van der Waals surface area (Å²) in [6, 6.07) is 4.15. The molecular formula is C17H21N3O5S. The van der Waals surface area contributed by atoms with Gasteiger partial charge in [0.05, 0.1) is 12.9 Å². The molecule has 2 aliphatic heterocycles. The number of benzene rings is 1. The predicted octanol–water partition coefficient (Wildman–Crippen LogP) is 1.70. The molecule has 140 valence electrons. The van der Waals surface area contributed by atoms with Crippen molar-refractivity contribution in [2.24, 2.45) is 0 Å². The van der Waals surface area contributed by atoms with Crippen LogP contribution in [-0.2, 0) is 21.2 Å². The predicted molar refractivity (Wildman–Crippen MR) is 92.4 cm³/mol. The molecule has 0 N–H and O–H groups in total. The Morgan fingerprint density at radius 3 is 2.54 bits per heavy atom. The summed E-state index contributed by atoms with van der Waals surface area (Å²) in [5, 5.41) is 8.15. The largest absolute Gasteiger partial charge is 0.480 e. The Labute approximate surface area is 152 Å². The van der Waals surface area contributed by atoms with Gasteiger partial charge in [-0.25, -0.2) is 8.42 Å². The second-order valence-electron chi connectivity index (χ2n) is 6.81. The van der Waals surface area contributed by atoms with E-state index in [2.05, 4.69) is 23.2 Å². The maximum absolute atomic E-state index is 11.7. The minimum Gasteiger partial charge on any atom is -0.480 e. The van der Waals surface area contributed by atoms with Crippen LogP contribution in [0.1, 0.15) is 40.7 Å². The Balaban J connectivity index is 1.51. The lowest BCUT2D eigenvalue weighted by molar-refractivity contribution is -0.0184. The van der Waals surface area contributed by atoms with Crippen molar-refractivity contribution >= 4 is 10.0 Å². The van der Waals surface area contributed by atoms with Crippen molar-refractivity contribution < 1.29 is 22.3 Å². The second kappa shape index (κ2) is 6.33. The first-order chi connectivity index (χ1) is 12.3. The summed E-state index contributed by atoms with van der Waals surface area (Å²) in [7, 11) is -3.28. The quantitative estimate of drug-likeness (QED) is 0.801. The topological polar surface area (TPSA) is 94.8 Å². The van der Waals surface area contributed by atoms with Crippen LogP contribution in [-0.4, -0.2) is 48.9 Å². The lowest BCUT2D eigenvalue weighted by Crippen LogP contribution is -2.41. The molecule has 8 nitrogen and oxygen atoms in total. The van der Waals surface area contributed by atoms with Crippen molar-refractivity contribution in [1.82, 2.24) is 14.5 Å². The third-order valence-electron chi connectivity index (χ3n) is 4.86. The zero-order valence-electron chi connectivity index (χ0n) is 14.9. The molecule has 2 unspecified atom stereocenters. The van der Waals surface area contributed by atoms with Gasteiger partial charge in [0.2, 0.25) is 15.9 Å². The highest BCUT2D eigenvalue weighted by atomic mass is 32.2. The van der Waals surface area contributed by atoms with Crippen LogP contribution >= 0.6 is 0 Å². The molecule has 4 rings (SSSR count). The van der Waals surface area contributed by atoms with Gasteiger partial charge < -0.3 is 13.9 Å². The molecule has 0 amide bonds. The van der Waals surface area contributed by atoms with Crippen molar-refractivity contribution in [3.05, 3.63) is 40.6 Å². The summed E-state index contributed by atoms with van der Waals surface area (Å²) in [4.78, 5) is 0. The Morgan fingerprint density at radius 1 is 1.12 bits per heavy atom. The number of fused-ring (bicyclic) bond motifs is 1. The molecule has 0 spiro atoms. The maximum atomic E-state index is 11.7. The van der Waals surface area contributed by atoms with Gasteiger partial charge in [0, 0.05) is 19.5 Å². The average molecular weight is 379 g/mol. The number of nitrogens with zero attached hydrogens (tertiary/aromatic N) is 3. The maximum Gasteiger partial charge on any atom is 0.257 e. The highest BCUT2D eigenvalue weighted by molar-refractivity contribution is 7.88. The molecule has 0 radical (unpaired) electrons. The number of aromatic nitrogens is 2. The van der Waals surface area contributed by atoms with E-state index in [1.54, 1.807) is 0 Å². The van der Waals surface area contributed by atoms with Crippen LogP contribution in [0.4, 0.5) is 0 Å². The van der Waals surface area contributed by atoms with Gasteiger partial charge in [-0.05, 0) is 36.6 Å². The fourth-order valence-corrected chi connectivity index (χ4v) is 4.05. The lowest BCUT2D eigenvalue weighted by atomic mass is 10.0. The van der Waals surface area contributed by atoms with E-state index in [-0.39, 0.29) is 18.5 Å². The van der Waals surface area contributed by atoms with E-state index in [9.17, 15) is 8.42 Å². The number of hydrogen-bond donors (Lipinski definition) is 0. The van der Waals surface area contributed by atoms with E-state index in [0.29, 0.717) is 25.5 Å². The summed E-state index contributed by atoms with van der Waals surface area (Å²) in [6.45, 7) is 4.91. The van der Waals surface area contributed by atoms with Gasteiger partial charge in [-0.1, -0.05) is 6.07 Å². The fraction of sp³-hybridized carbons (Fsp3) is 0.529. The van der Waals surface area contributed by atoms with E-state index >= 15 is 0 Å². The van der Waals surface area contributed by atoms with Gasteiger partial charge in [0.15, 0.2) is 6.10 Å². The van der Waals surface area contributed by atoms with Crippen molar-refractivity contribution in [1.29, 1.82) is 0 Å². The molecule has 0 bridgehead atoms. The number of hydrogen-bond acceptors (Lipinski definition) is 7. The molecule has 2 aliphatic rings. The Morgan fingerprint density at radius 2 is 1.81 bits per heavy atom. The van der Waals surface area contributed by atoms with Gasteiger partial charge in [0.1, 0.15) is 11.9 Å². The highest BCUT2D eigenvalue weighted by Crippen LogP contribution is 2.38. The van der Waals surface area contributed by atoms with Gasteiger partial charge in [-0.15, -0.1) is 10.2 Å². The molecule has 2 atom stereocenters. The van der Waals surface area contributed by atoms with Crippen molar-refractivity contribution in [3.8, 4) is 5.75 Å². The minimum atomic E-state index is -3.28. The van der Waals surface area contributed by atoms with Gasteiger partial charge >= 0.3 is 0 Å². The Hall–Kier alpha value is -1.97. The van der Waals surface area contributed by atoms with E-state index in [4.69, 9.17) is 13.9 Å². The zero-order valence-corrected chi connectivity index (χ0v) is 15.7. The van der Waals surface area contributed by atoms with E-state index in [0.717, 1.165) is 11.3 Å². The molecular weight excluding hydrogens is 358 g/mol. The van der Waals surface area contributed by atoms with E-state index < -0.39 is 16.1 Å².